The molecule has 0 aliphatic heterocycles. The van der Waals surface area contributed by atoms with Gasteiger partial charge in [0, 0.05) is 29.1 Å². The predicted octanol–water partition coefficient (Wildman–Crippen LogP) is 12.6. The fraction of sp³-hybridized carbons (Fsp3) is 0.0192. The molecule has 260 valence electrons. The van der Waals surface area contributed by atoms with Gasteiger partial charge in [0.15, 0.2) is 5.82 Å². The maximum atomic E-state index is 5.36. The van der Waals surface area contributed by atoms with Crippen LogP contribution in [0.15, 0.2) is 225 Å². The normalized spacial score (nSPS) is 11.3. The van der Waals surface area contributed by atoms with E-state index in [4.69, 9.17) is 9.97 Å². The molecule has 0 N–H and O–H groups in total. The smallest absolute Gasteiger partial charge is 0.160 e. The molecule has 0 aliphatic carbocycles. The first-order valence-electron chi connectivity index (χ1n) is 18.6. The highest BCUT2D eigenvalue weighted by Gasteiger charge is 2.42. The molecule has 2 aromatic heterocycles. The van der Waals surface area contributed by atoms with E-state index in [1.807, 2.05) is 36.7 Å². The molecule has 7 aromatic carbocycles. The summed E-state index contributed by atoms with van der Waals surface area (Å²) in [6.07, 6.45) is 3.70. The molecule has 0 fully saturated rings. The molecule has 0 spiro atoms. The van der Waals surface area contributed by atoms with E-state index in [1.165, 1.54) is 5.56 Å². The Morgan fingerprint density at radius 3 is 1.42 bits per heavy atom. The molecule has 9 aromatic rings. The second-order valence-corrected chi connectivity index (χ2v) is 13.6. The third kappa shape index (κ3) is 6.43. The summed E-state index contributed by atoms with van der Waals surface area (Å²) in [6, 6.07) is 75.2. The summed E-state index contributed by atoms with van der Waals surface area (Å²) in [6.45, 7) is 0. The first-order chi connectivity index (χ1) is 27.3. The van der Waals surface area contributed by atoms with Crippen LogP contribution in [0, 0.1) is 0 Å². The number of hydrogen-bond acceptors (Lipinski definition) is 3. The van der Waals surface area contributed by atoms with E-state index in [2.05, 4.69) is 193 Å². The highest BCUT2D eigenvalue weighted by molar-refractivity contribution is 5.82. The van der Waals surface area contributed by atoms with Gasteiger partial charge in [-0.3, -0.25) is 4.98 Å². The molecule has 0 saturated heterocycles. The lowest BCUT2D eigenvalue weighted by atomic mass is 9.62. The summed E-state index contributed by atoms with van der Waals surface area (Å²) < 4.78 is 0. The lowest BCUT2D eigenvalue weighted by Crippen LogP contribution is -2.32. The molecule has 9 rings (SSSR count). The van der Waals surface area contributed by atoms with Gasteiger partial charge >= 0.3 is 0 Å². The minimum absolute atomic E-state index is 0.685. The third-order valence-corrected chi connectivity index (χ3v) is 10.4. The van der Waals surface area contributed by atoms with Crippen molar-refractivity contribution in [2.75, 3.05) is 0 Å². The minimum atomic E-state index is -0.757. The maximum absolute atomic E-state index is 5.36. The average Bonchev–Trinajstić information content (AvgIpc) is 3.28. The first-order valence-corrected chi connectivity index (χ1v) is 18.6. The number of nitrogens with zero attached hydrogens (tertiary/aromatic N) is 3. The van der Waals surface area contributed by atoms with E-state index in [-0.39, 0.29) is 0 Å². The zero-order valence-electron chi connectivity index (χ0n) is 30.2. The van der Waals surface area contributed by atoms with Crippen LogP contribution in [-0.4, -0.2) is 15.0 Å². The molecular formula is C52H37N3. The molecular weight excluding hydrogens is 667 g/mol. The number of hydrogen-bond donors (Lipinski definition) is 0. The van der Waals surface area contributed by atoms with Crippen molar-refractivity contribution in [2.24, 2.45) is 0 Å². The van der Waals surface area contributed by atoms with Gasteiger partial charge in [-0.1, -0.05) is 188 Å². The Morgan fingerprint density at radius 2 is 0.782 bits per heavy atom. The lowest BCUT2D eigenvalue weighted by molar-refractivity contribution is 0.748. The van der Waals surface area contributed by atoms with E-state index in [0.717, 1.165) is 67.0 Å². The van der Waals surface area contributed by atoms with Crippen molar-refractivity contribution >= 4 is 0 Å². The summed E-state index contributed by atoms with van der Waals surface area (Å²) in [5, 5.41) is 0. The second-order valence-electron chi connectivity index (χ2n) is 13.6. The monoisotopic (exact) mass is 703 g/mol. The molecule has 55 heavy (non-hydrogen) atoms. The van der Waals surface area contributed by atoms with Crippen molar-refractivity contribution in [3.8, 4) is 56.2 Å². The zero-order valence-corrected chi connectivity index (χ0v) is 30.2. The van der Waals surface area contributed by atoms with Crippen LogP contribution in [0.3, 0.4) is 0 Å². The SMILES string of the molecule is c1ccc(-c2cc(-c3ccccc3C(c3ccccc3)(c3ccccc3)c3ccccc3-c3cccc(-c4ccncc4)c3)nc(-c3ccccc3)n2)cc1. The molecule has 0 aliphatic rings. The topological polar surface area (TPSA) is 38.7 Å². The molecule has 0 saturated carbocycles. The molecule has 0 atom stereocenters. The lowest BCUT2D eigenvalue weighted by Gasteiger charge is -2.39. The third-order valence-electron chi connectivity index (χ3n) is 10.4. The fourth-order valence-electron chi connectivity index (χ4n) is 7.87. The Labute approximate surface area is 322 Å². The number of aromatic nitrogens is 3. The standard InChI is InChI=1S/C52H37N3/c1-5-18-39(19-6-1)49-37-50(55-51(54-49)40-20-7-2-8-21-40)46-29-14-16-31-48(46)52(43-24-9-3-10-25-43,44-26-11-4-12-27-44)47-30-15-13-28-45(47)42-23-17-22-41(36-42)38-32-34-53-35-33-38/h1-37H. The van der Waals surface area contributed by atoms with Crippen LogP contribution in [0.2, 0.25) is 0 Å². The molecule has 3 nitrogen and oxygen atoms in total. The van der Waals surface area contributed by atoms with E-state index < -0.39 is 5.41 Å². The van der Waals surface area contributed by atoms with Crippen molar-refractivity contribution in [3.63, 3.8) is 0 Å². The Hall–Kier alpha value is -7.23. The van der Waals surface area contributed by atoms with Crippen molar-refractivity contribution in [1.82, 2.24) is 15.0 Å². The van der Waals surface area contributed by atoms with Crippen LogP contribution >= 0.6 is 0 Å². The van der Waals surface area contributed by atoms with E-state index in [0.29, 0.717) is 5.82 Å². The highest BCUT2D eigenvalue weighted by atomic mass is 14.9. The van der Waals surface area contributed by atoms with Gasteiger partial charge < -0.3 is 0 Å². The van der Waals surface area contributed by atoms with Crippen LogP contribution in [0.25, 0.3) is 56.2 Å². The van der Waals surface area contributed by atoms with E-state index in [9.17, 15) is 0 Å². The molecule has 0 amide bonds. The van der Waals surface area contributed by atoms with Crippen molar-refractivity contribution in [3.05, 3.63) is 247 Å². The Morgan fingerprint density at radius 1 is 0.309 bits per heavy atom. The number of pyridine rings is 1. The molecule has 0 unspecified atom stereocenters. The van der Waals surface area contributed by atoms with Gasteiger partial charge in [0.2, 0.25) is 0 Å². The van der Waals surface area contributed by atoms with Crippen LogP contribution in [0.5, 0.6) is 0 Å². The Kier molecular flexibility index (Phi) is 9.17. The quantitative estimate of drug-likeness (QED) is 0.141. The summed E-state index contributed by atoms with van der Waals surface area (Å²) >= 11 is 0. The fourth-order valence-corrected chi connectivity index (χ4v) is 7.87. The van der Waals surface area contributed by atoms with Gasteiger partial charge in [0.05, 0.1) is 16.8 Å². The highest BCUT2D eigenvalue weighted by Crippen LogP contribution is 2.51. The minimum Gasteiger partial charge on any atom is -0.265 e. The van der Waals surface area contributed by atoms with Gasteiger partial charge in [-0.15, -0.1) is 0 Å². The number of rotatable bonds is 9. The average molecular weight is 704 g/mol. The van der Waals surface area contributed by atoms with E-state index in [1.54, 1.807) is 0 Å². The van der Waals surface area contributed by atoms with Gasteiger partial charge in [0.25, 0.3) is 0 Å². The second kappa shape index (κ2) is 15.0. The van der Waals surface area contributed by atoms with Gasteiger partial charge in [-0.2, -0.15) is 0 Å². The van der Waals surface area contributed by atoms with Crippen molar-refractivity contribution < 1.29 is 0 Å². The molecule has 0 radical (unpaired) electrons. The molecule has 2 heterocycles. The maximum Gasteiger partial charge on any atom is 0.160 e. The van der Waals surface area contributed by atoms with Crippen molar-refractivity contribution in [2.45, 2.75) is 5.41 Å². The summed E-state index contributed by atoms with van der Waals surface area (Å²) in [5.74, 6) is 0.685. The largest absolute Gasteiger partial charge is 0.265 e. The summed E-state index contributed by atoms with van der Waals surface area (Å²) in [4.78, 5) is 14.8. The summed E-state index contributed by atoms with van der Waals surface area (Å²) in [5.41, 5.74) is 13.2. The van der Waals surface area contributed by atoms with E-state index >= 15 is 0 Å². The zero-order chi connectivity index (χ0) is 36.9. The van der Waals surface area contributed by atoms with Crippen LogP contribution < -0.4 is 0 Å². The molecule has 3 heteroatoms. The first kappa shape index (κ1) is 33.6. The summed E-state index contributed by atoms with van der Waals surface area (Å²) in [7, 11) is 0. The van der Waals surface area contributed by atoms with Gasteiger partial charge in [-0.05, 0) is 68.8 Å². The van der Waals surface area contributed by atoms with Gasteiger partial charge in [0.1, 0.15) is 0 Å². The Balaban J connectivity index is 1.36. The van der Waals surface area contributed by atoms with Crippen LogP contribution in [0.1, 0.15) is 22.3 Å². The number of benzene rings is 7. The van der Waals surface area contributed by atoms with Crippen LogP contribution in [-0.2, 0) is 5.41 Å². The van der Waals surface area contributed by atoms with Crippen LogP contribution in [0.4, 0.5) is 0 Å². The predicted molar refractivity (Wildman–Crippen MR) is 225 cm³/mol. The molecule has 0 bridgehead atoms. The van der Waals surface area contributed by atoms with Gasteiger partial charge in [-0.25, -0.2) is 9.97 Å². The Bertz CT molecular complexity index is 2580. The van der Waals surface area contributed by atoms with Crippen molar-refractivity contribution in [1.29, 1.82) is 0 Å².